The molecular weight excluding hydrogens is 449 g/mol. The molecule has 5 aromatic rings. The van der Waals surface area contributed by atoms with Crippen molar-refractivity contribution in [1.82, 2.24) is 29.9 Å². The fourth-order valence-electron chi connectivity index (χ4n) is 3.80. The molecule has 0 aliphatic heterocycles. The van der Waals surface area contributed by atoms with Gasteiger partial charge in [-0.3, -0.25) is 9.48 Å². The van der Waals surface area contributed by atoms with Gasteiger partial charge in [0.15, 0.2) is 0 Å². The molecular formula is C25H22FN7O2. The summed E-state index contributed by atoms with van der Waals surface area (Å²) in [7, 11) is 3.42. The zero-order valence-corrected chi connectivity index (χ0v) is 19.4. The van der Waals surface area contributed by atoms with Gasteiger partial charge in [-0.25, -0.2) is 9.37 Å². The number of hydrogen-bond donors (Lipinski definition) is 1. The average molecular weight is 471 g/mol. The molecule has 0 radical (unpaired) electrons. The molecule has 0 atom stereocenters. The minimum Gasteiger partial charge on any atom is -0.421 e. The van der Waals surface area contributed by atoms with E-state index >= 15 is 0 Å². The lowest BCUT2D eigenvalue weighted by Gasteiger charge is -2.11. The number of pyridine rings is 1. The number of benzene rings is 2. The van der Waals surface area contributed by atoms with Gasteiger partial charge in [-0.1, -0.05) is 24.3 Å². The molecule has 0 fully saturated rings. The Morgan fingerprint density at radius 3 is 2.46 bits per heavy atom. The Kier molecular flexibility index (Phi) is 5.48. The third-order valence-corrected chi connectivity index (χ3v) is 5.72. The second-order valence-electron chi connectivity index (χ2n) is 8.35. The highest BCUT2D eigenvalue weighted by molar-refractivity contribution is 6.03. The first-order chi connectivity index (χ1) is 16.8. The van der Waals surface area contributed by atoms with E-state index in [1.807, 2.05) is 30.5 Å². The van der Waals surface area contributed by atoms with Crippen LogP contribution in [-0.4, -0.2) is 49.9 Å². The molecule has 2 N–H and O–H groups in total. The molecule has 10 heteroatoms. The van der Waals surface area contributed by atoms with Crippen LogP contribution < -0.4 is 5.73 Å². The van der Waals surface area contributed by atoms with Crippen molar-refractivity contribution in [3.63, 3.8) is 0 Å². The molecule has 0 bridgehead atoms. The van der Waals surface area contributed by atoms with Crippen molar-refractivity contribution in [2.24, 2.45) is 0 Å². The third kappa shape index (κ3) is 4.21. The number of likely N-dealkylation sites (N-methyl/N-ethyl adjacent to an activating group) is 1. The monoisotopic (exact) mass is 471 g/mol. The van der Waals surface area contributed by atoms with E-state index in [0.29, 0.717) is 16.7 Å². The molecule has 3 aromatic heterocycles. The van der Waals surface area contributed by atoms with Crippen LogP contribution in [0.1, 0.15) is 5.89 Å². The minimum absolute atomic E-state index is 0.0378. The van der Waals surface area contributed by atoms with Crippen LogP contribution in [-0.2, 0) is 11.3 Å². The topological polar surface area (TPSA) is 116 Å². The number of aromatic nitrogens is 5. The second kappa shape index (κ2) is 8.64. The number of aryl methyl sites for hydroxylation is 1. The normalized spacial score (nSPS) is 11.2. The predicted molar refractivity (Wildman–Crippen MR) is 129 cm³/mol. The van der Waals surface area contributed by atoms with Crippen LogP contribution in [0.15, 0.2) is 59.4 Å². The summed E-state index contributed by atoms with van der Waals surface area (Å²) in [5.74, 6) is 0.116. The molecule has 0 aliphatic carbocycles. The molecule has 3 heterocycles. The fraction of sp³-hybridized carbons (Fsp3) is 0.160. The Hall–Kier alpha value is -4.60. The summed E-state index contributed by atoms with van der Waals surface area (Å²) in [6.45, 7) is 1.82. The number of halogens is 1. The average Bonchev–Trinajstić information content (AvgIpc) is 3.48. The van der Waals surface area contributed by atoms with E-state index in [1.54, 1.807) is 44.2 Å². The molecule has 35 heavy (non-hydrogen) atoms. The number of nitrogens with zero attached hydrogens (tertiary/aromatic N) is 6. The van der Waals surface area contributed by atoms with Crippen LogP contribution in [0.2, 0.25) is 0 Å². The molecule has 1 amide bonds. The van der Waals surface area contributed by atoms with Gasteiger partial charge < -0.3 is 15.1 Å². The van der Waals surface area contributed by atoms with Gasteiger partial charge in [0.2, 0.25) is 11.8 Å². The molecule has 9 nitrogen and oxygen atoms in total. The van der Waals surface area contributed by atoms with Gasteiger partial charge >= 0.3 is 0 Å². The number of anilines is 1. The number of carbonyl (C=O) groups excluding carboxylic acids is 1. The summed E-state index contributed by atoms with van der Waals surface area (Å²) in [4.78, 5) is 17.7. The van der Waals surface area contributed by atoms with Crippen molar-refractivity contribution in [2.45, 2.75) is 13.5 Å². The number of rotatable bonds is 5. The van der Waals surface area contributed by atoms with Crippen molar-refractivity contribution >= 4 is 22.5 Å². The molecule has 2 aromatic carbocycles. The first-order valence-corrected chi connectivity index (χ1v) is 10.8. The number of nitrogen functional groups attached to an aromatic ring is 1. The lowest BCUT2D eigenvalue weighted by molar-refractivity contribution is -0.129. The highest BCUT2D eigenvalue weighted by Crippen LogP contribution is 2.36. The summed E-state index contributed by atoms with van der Waals surface area (Å²) in [5.41, 5.74) is 9.74. The van der Waals surface area contributed by atoms with Crippen LogP contribution in [0.25, 0.3) is 44.5 Å². The van der Waals surface area contributed by atoms with Crippen molar-refractivity contribution in [3.8, 4) is 33.7 Å². The van der Waals surface area contributed by atoms with Crippen molar-refractivity contribution in [2.75, 3.05) is 19.8 Å². The van der Waals surface area contributed by atoms with Crippen molar-refractivity contribution in [3.05, 3.63) is 66.7 Å². The largest absolute Gasteiger partial charge is 0.421 e. The maximum Gasteiger partial charge on any atom is 0.250 e. The molecule has 0 spiro atoms. The molecule has 0 saturated carbocycles. The summed E-state index contributed by atoms with van der Waals surface area (Å²) in [6, 6.07) is 10.8. The number of nitrogens with two attached hydrogens (primary N) is 1. The minimum atomic E-state index is -0.521. The summed E-state index contributed by atoms with van der Waals surface area (Å²) in [6.07, 6.45) is 5.22. The SMILES string of the molecule is Cc1nnc(-c2cc3c(-c4ccc(-c5cnn(CC(=O)N(C)C)c5)cc4)cnc(N)c3cc2F)o1. The first kappa shape index (κ1) is 22.2. The number of fused-ring (bicyclic) bond motifs is 1. The van der Waals surface area contributed by atoms with E-state index in [2.05, 4.69) is 20.3 Å². The summed E-state index contributed by atoms with van der Waals surface area (Å²) >= 11 is 0. The Morgan fingerprint density at radius 2 is 1.77 bits per heavy atom. The van der Waals surface area contributed by atoms with E-state index in [1.165, 1.54) is 11.0 Å². The van der Waals surface area contributed by atoms with Gasteiger partial charge in [-0.05, 0) is 28.6 Å². The lowest BCUT2D eigenvalue weighted by atomic mass is 9.97. The number of hydrogen-bond acceptors (Lipinski definition) is 7. The summed E-state index contributed by atoms with van der Waals surface area (Å²) in [5, 5.41) is 13.2. The maximum atomic E-state index is 14.9. The van der Waals surface area contributed by atoms with Crippen molar-refractivity contribution in [1.29, 1.82) is 0 Å². The first-order valence-electron chi connectivity index (χ1n) is 10.8. The third-order valence-electron chi connectivity index (χ3n) is 5.72. The van der Waals surface area contributed by atoms with E-state index in [0.717, 1.165) is 22.3 Å². The zero-order valence-electron chi connectivity index (χ0n) is 19.4. The van der Waals surface area contributed by atoms with E-state index in [4.69, 9.17) is 10.2 Å². The Labute approximate surface area is 200 Å². The van der Waals surface area contributed by atoms with Crippen molar-refractivity contribution < 1.29 is 13.6 Å². The van der Waals surface area contributed by atoms with Gasteiger partial charge in [0.1, 0.15) is 18.2 Å². The molecule has 0 saturated heterocycles. The molecule has 176 valence electrons. The Morgan fingerprint density at radius 1 is 1.03 bits per heavy atom. The van der Waals surface area contributed by atoms with Crippen LogP contribution >= 0.6 is 0 Å². The highest BCUT2D eigenvalue weighted by Gasteiger charge is 2.17. The van der Waals surface area contributed by atoms with Crippen LogP contribution in [0, 0.1) is 12.7 Å². The lowest BCUT2D eigenvalue weighted by Crippen LogP contribution is -2.26. The highest BCUT2D eigenvalue weighted by atomic mass is 19.1. The van der Waals surface area contributed by atoms with Crippen LogP contribution in [0.4, 0.5) is 10.2 Å². The number of amides is 1. The zero-order chi connectivity index (χ0) is 24.7. The van der Waals surface area contributed by atoms with Gasteiger partial charge in [-0.15, -0.1) is 10.2 Å². The number of carbonyl (C=O) groups is 1. The van der Waals surface area contributed by atoms with E-state index < -0.39 is 5.82 Å². The second-order valence-corrected chi connectivity index (χ2v) is 8.35. The van der Waals surface area contributed by atoms with Gasteiger partial charge in [-0.2, -0.15) is 5.10 Å². The van der Waals surface area contributed by atoms with E-state index in [9.17, 15) is 9.18 Å². The fourth-order valence-corrected chi connectivity index (χ4v) is 3.80. The standard InChI is InChI=1S/C25H22FN7O2/c1-14-30-31-25(35-14)20-8-18-19(9-22(20)26)24(27)28-11-21(18)16-6-4-15(5-7-16)17-10-29-33(12-17)13-23(34)32(2)3/h4-12H,13H2,1-3H3,(H2,27,28). The van der Waals surface area contributed by atoms with Gasteiger partial charge in [0.25, 0.3) is 5.89 Å². The van der Waals surface area contributed by atoms with Crippen LogP contribution in [0.5, 0.6) is 0 Å². The molecule has 5 rings (SSSR count). The van der Waals surface area contributed by atoms with E-state index in [-0.39, 0.29) is 29.7 Å². The maximum absolute atomic E-state index is 14.9. The van der Waals surface area contributed by atoms with Gasteiger partial charge in [0.05, 0.1) is 11.8 Å². The molecule has 0 aliphatic rings. The van der Waals surface area contributed by atoms with Gasteiger partial charge in [0, 0.05) is 49.9 Å². The molecule has 0 unspecified atom stereocenters. The quantitative estimate of drug-likeness (QED) is 0.413. The smallest absolute Gasteiger partial charge is 0.250 e. The summed E-state index contributed by atoms with van der Waals surface area (Å²) < 4.78 is 21.9. The van der Waals surface area contributed by atoms with Crippen LogP contribution in [0.3, 0.4) is 0 Å². The Balaban J connectivity index is 1.52. The Bertz CT molecular complexity index is 1550. The predicted octanol–water partition coefficient (Wildman–Crippen LogP) is 3.93.